The molecule has 4 aromatic rings. The van der Waals surface area contributed by atoms with Gasteiger partial charge >= 0.3 is 12.1 Å². The number of rotatable bonds is 7. The molecule has 13 nitrogen and oxygen atoms in total. The minimum Gasteiger partial charge on any atom is -0.382 e. The van der Waals surface area contributed by atoms with Gasteiger partial charge in [-0.25, -0.2) is 28.4 Å². The van der Waals surface area contributed by atoms with E-state index in [0.717, 1.165) is 46.7 Å². The average molecular weight is 670 g/mol. The van der Waals surface area contributed by atoms with Crippen LogP contribution >= 0.6 is 0 Å². The molecule has 0 bridgehead atoms. The molecule has 0 radical (unpaired) electrons. The number of aromatic nitrogens is 3. The van der Waals surface area contributed by atoms with Crippen molar-refractivity contribution in [1.82, 2.24) is 29.3 Å². The van der Waals surface area contributed by atoms with Crippen LogP contribution in [-0.2, 0) is 9.59 Å². The molecule has 256 valence electrons. The fourth-order valence-electron chi connectivity index (χ4n) is 6.49. The Morgan fingerprint density at radius 3 is 2.37 bits per heavy atom. The molecule has 6 rings (SSSR count). The summed E-state index contributed by atoms with van der Waals surface area (Å²) in [5, 5.41) is 7.36. The monoisotopic (exact) mass is 669 g/mol. The summed E-state index contributed by atoms with van der Waals surface area (Å²) in [6, 6.07) is 13.4. The fraction of sp³-hybridized carbons (Fsp3) is 0.371. The number of piperidine rings is 1. The van der Waals surface area contributed by atoms with E-state index in [9.17, 15) is 23.6 Å². The lowest BCUT2D eigenvalue weighted by Crippen LogP contribution is -2.61. The summed E-state index contributed by atoms with van der Waals surface area (Å²) in [5.41, 5.74) is 10.3. The van der Waals surface area contributed by atoms with Gasteiger partial charge in [0, 0.05) is 62.1 Å². The molecule has 1 atom stereocenters. The van der Waals surface area contributed by atoms with Gasteiger partial charge in [0.2, 0.25) is 11.8 Å². The minimum atomic E-state index is -1.18. The highest BCUT2D eigenvalue weighted by molar-refractivity contribution is 6.23. The molecule has 2 aromatic carbocycles. The van der Waals surface area contributed by atoms with Gasteiger partial charge in [-0.05, 0) is 81.6 Å². The van der Waals surface area contributed by atoms with Crippen LogP contribution in [0, 0.1) is 11.7 Å². The number of carbonyl (C=O) groups excluding carboxylic acids is 4. The highest BCUT2D eigenvalue weighted by Crippen LogP contribution is 2.37. The SMILES string of the molecule is CCN(C)C(=O)N1CCC(c2cc(-c3ccc(NC(=O)C4CN(C(C)C)C(=O)N(c5ccc(F)cc5)C4=O)cc3)c3c(N)ncnn23)CC1. The summed E-state index contributed by atoms with van der Waals surface area (Å²) in [5.74, 6) is -2.44. The molecule has 14 heteroatoms. The van der Waals surface area contributed by atoms with E-state index in [2.05, 4.69) is 21.5 Å². The Hall–Kier alpha value is -5.53. The second-order valence-electron chi connectivity index (χ2n) is 12.7. The smallest absolute Gasteiger partial charge is 0.331 e. The first-order valence-electron chi connectivity index (χ1n) is 16.4. The number of amides is 6. The predicted octanol–water partition coefficient (Wildman–Crippen LogP) is 4.80. The van der Waals surface area contributed by atoms with Gasteiger partial charge in [0.25, 0.3) is 0 Å². The Kier molecular flexibility index (Phi) is 9.22. The van der Waals surface area contributed by atoms with E-state index in [0.29, 0.717) is 36.7 Å². The standard InChI is InChI=1S/C35H40FN9O4/c1-5-41(4)34(48)42-16-14-23(15-17-42)29-18-27(30-31(37)38-20-39-45(29)30)22-6-10-25(11-7-22)40-32(46)28-19-43(21(2)3)35(49)44(33(28)47)26-12-8-24(36)9-13-26/h6-13,18,20-21,23,28H,5,14-17,19H2,1-4H3,(H,40,46)(H2,37,38,39). The molecule has 0 aliphatic carbocycles. The van der Waals surface area contributed by atoms with E-state index in [-0.39, 0.29) is 30.2 Å². The summed E-state index contributed by atoms with van der Waals surface area (Å²) in [6.07, 6.45) is 2.99. The summed E-state index contributed by atoms with van der Waals surface area (Å²) in [4.78, 5) is 63.2. The first kappa shape index (κ1) is 33.4. The number of benzene rings is 2. The van der Waals surface area contributed by atoms with Gasteiger partial charge < -0.3 is 25.8 Å². The molecular formula is C35H40FN9O4. The molecule has 2 saturated heterocycles. The molecule has 2 aromatic heterocycles. The van der Waals surface area contributed by atoms with Crippen LogP contribution in [0.25, 0.3) is 16.6 Å². The number of urea groups is 2. The van der Waals surface area contributed by atoms with Gasteiger partial charge in [-0.3, -0.25) is 9.59 Å². The van der Waals surface area contributed by atoms with Crippen molar-refractivity contribution >= 4 is 46.6 Å². The number of nitrogen functional groups attached to an aromatic ring is 1. The van der Waals surface area contributed by atoms with E-state index in [4.69, 9.17) is 5.73 Å². The summed E-state index contributed by atoms with van der Waals surface area (Å²) in [7, 11) is 1.80. The Labute approximate surface area is 283 Å². The van der Waals surface area contributed by atoms with Crippen molar-refractivity contribution in [2.24, 2.45) is 5.92 Å². The summed E-state index contributed by atoms with van der Waals surface area (Å²) < 4.78 is 15.4. The number of imide groups is 1. The van der Waals surface area contributed by atoms with Gasteiger partial charge in [-0.15, -0.1) is 0 Å². The molecule has 4 heterocycles. The van der Waals surface area contributed by atoms with Gasteiger partial charge in [0.15, 0.2) is 5.82 Å². The predicted molar refractivity (Wildman–Crippen MR) is 183 cm³/mol. The number of nitrogens with one attached hydrogen (secondary N) is 1. The molecular weight excluding hydrogens is 629 g/mol. The molecule has 1 unspecified atom stereocenters. The Morgan fingerprint density at radius 1 is 1.06 bits per heavy atom. The number of nitrogens with zero attached hydrogens (tertiary/aromatic N) is 7. The molecule has 3 N–H and O–H groups in total. The second-order valence-corrected chi connectivity index (χ2v) is 12.7. The van der Waals surface area contributed by atoms with Gasteiger partial charge in [-0.2, -0.15) is 5.10 Å². The van der Waals surface area contributed by atoms with Crippen molar-refractivity contribution < 1.29 is 23.6 Å². The Bertz CT molecular complexity index is 1890. The number of halogens is 1. The number of likely N-dealkylation sites (tertiary alicyclic amines) is 1. The first-order chi connectivity index (χ1) is 23.5. The number of hydrogen-bond donors (Lipinski definition) is 2. The average Bonchev–Trinajstić information content (AvgIpc) is 3.49. The van der Waals surface area contributed by atoms with Gasteiger partial charge in [0.05, 0.1) is 5.69 Å². The van der Waals surface area contributed by atoms with Crippen molar-refractivity contribution in [3.63, 3.8) is 0 Å². The van der Waals surface area contributed by atoms with E-state index < -0.39 is 29.6 Å². The highest BCUT2D eigenvalue weighted by Gasteiger charge is 2.44. The van der Waals surface area contributed by atoms with Crippen molar-refractivity contribution in [1.29, 1.82) is 0 Å². The maximum Gasteiger partial charge on any atom is 0.331 e. The number of hydrogen-bond acceptors (Lipinski definition) is 7. The Morgan fingerprint density at radius 2 is 1.73 bits per heavy atom. The highest BCUT2D eigenvalue weighted by atomic mass is 19.1. The lowest BCUT2D eigenvalue weighted by atomic mass is 9.93. The van der Waals surface area contributed by atoms with Crippen LogP contribution in [0.5, 0.6) is 0 Å². The van der Waals surface area contributed by atoms with E-state index in [1.54, 1.807) is 37.9 Å². The van der Waals surface area contributed by atoms with Crippen molar-refractivity contribution in [2.45, 2.75) is 45.6 Å². The third-order valence-corrected chi connectivity index (χ3v) is 9.42. The number of carbonyl (C=O) groups is 4. The van der Waals surface area contributed by atoms with Gasteiger partial charge in [-0.1, -0.05) is 12.1 Å². The van der Waals surface area contributed by atoms with Crippen LogP contribution in [-0.4, -0.2) is 92.4 Å². The second kappa shape index (κ2) is 13.5. The number of nitrogens with two attached hydrogens (primary N) is 1. The van der Waals surface area contributed by atoms with Gasteiger partial charge in [0.1, 0.15) is 23.6 Å². The number of fused-ring (bicyclic) bond motifs is 1. The van der Waals surface area contributed by atoms with E-state index >= 15 is 0 Å². The zero-order valence-corrected chi connectivity index (χ0v) is 28.0. The quantitative estimate of drug-likeness (QED) is 0.269. The molecule has 2 aliphatic heterocycles. The lowest BCUT2D eigenvalue weighted by Gasteiger charge is -2.39. The summed E-state index contributed by atoms with van der Waals surface area (Å²) in [6.45, 7) is 7.40. The largest absolute Gasteiger partial charge is 0.382 e. The maximum atomic E-state index is 13.6. The molecule has 2 aliphatic rings. The fourth-order valence-corrected chi connectivity index (χ4v) is 6.49. The molecule has 49 heavy (non-hydrogen) atoms. The van der Waals surface area contributed by atoms with Crippen molar-refractivity contribution in [3.05, 3.63) is 72.4 Å². The summed E-state index contributed by atoms with van der Waals surface area (Å²) >= 11 is 0. The van der Waals surface area contributed by atoms with Crippen molar-refractivity contribution in [2.75, 3.05) is 49.2 Å². The minimum absolute atomic E-state index is 0.0317. The molecule has 0 spiro atoms. The van der Waals surface area contributed by atoms with E-state index in [1.165, 1.54) is 23.4 Å². The Balaban J connectivity index is 1.22. The molecule has 0 saturated carbocycles. The normalized spacial score (nSPS) is 17.3. The third-order valence-electron chi connectivity index (χ3n) is 9.42. The topological polar surface area (TPSA) is 149 Å². The maximum absolute atomic E-state index is 13.6. The number of anilines is 3. The third kappa shape index (κ3) is 6.37. The molecule has 6 amide bonds. The van der Waals surface area contributed by atoms with Crippen LogP contribution in [0.3, 0.4) is 0 Å². The first-order valence-corrected chi connectivity index (χ1v) is 16.4. The van der Waals surface area contributed by atoms with E-state index in [1.807, 2.05) is 28.5 Å². The van der Waals surface area contributed by atoms with Crippen molar-refractivity contribution in [3.8, 4) is 11.1 Å². The zero-order valence-electron chi connectivity index (χ0n) is 28.0. The van der Waals surface area contributed by atoms with Crippen LogP contribution in [0.1, 0.15) is 45.2 Å². The van der Waals surface area contributed by atoms with Crippen LogP contribution in [0.15, 0.2) is 60.9 Å². The molecule has 2 fully saturated rings. The van der Waals surface area contributed by atoms with Crippen LogP contribution in [0.4, 0.5) is 31.2 Å². The zero-order chi connectivity index (χ0) is 35.0. The van der Waals surface area contributed by atoms with Crippen LogP contribution < -0.4 is 16.0 Å². The van der Waals surface area contributed by atoms with Crippen LogP contribution in [0.2, 0.25) is 0 Å². The lowest BCUT2D eigenvalue weighted by molar-refractivity contribution is -0.132.